The van der Waals surface area contributed by atoms with Gasteiger partial charge in [0.15, 0.2) is 0 Å². The molecule has 0 saturated heterocycles. The minimum absolute atomic E-state index is 0.105. The molecule has 0 saturated carbocycles. The Morgan fingerprint density at radius 2 is 2.08 bits per heavy atom. The molecule has 134 valence electrons. The summed E-state index contributed by atoms with van der Waals surface area (Å²) in [6.07, 6.45) is 6.71. The number of amides is 1. The van der Waals surface area contributed by atoms with Gasteiger partial charge in [0.1, 0.15) is 17.0 Å². The van der Waals surface area contributed by atoms with E-state index in [1.165, 1.54) is 18.2 Å². The summed E-state index contributed by atoms with van der Waals surface area (Å²) in [6, 6.07) is 7.45. The molecule has 0 spiro atoms. The average Bonchev–Trinajstić information content (AvgIpc) is 3.13. The number of carbonyl (C=O) groups is 1. The second kappa shape index (κ2) is 7.24. The molecule has 10 heteroatoms. The highest BCUT2D eigenvalue weighted by Gasteiger charge is 2.15. The zero-order chi connectivity index (χ0) is 18.7. The van der Waals surface area contributed by atoms with Crippen molar-refractivity contribution in [3.8, 4) is 5.82 Å². The molecule has 0 bridgehead atoms. The van der Waals surface area contributed by atoms with E-state index in [9.17, 15) is 13.2 Å². The van der Waals surface area contributed by atoms with Gasteiger partial charge in [0, 0.05) is 30.7 Å². The fourth-order valence-corrected chi connectivity index (χ4v) is 3.32. The number of nitrogens with one attached hydrogen (secondary N) is 1. The Hall–Kier alpha value is -2.75. The van der Waals surface area contributed by atoms with E-state index >= 15 is 0 Å². The number of aromatic nitrogens is 3. The van der Waals surface area contributed by atoms with Gasteiger partial charge < -0.3 is 5.32 Å². The first-order chi connectivity index (χ1) is 12.3. The molecule has 0 aliphatic rings. The molecular weight excluding hydrogens is 378 g/mol. The Kier molecular flexibility index (Phi) is 5.03. The van der Waals surface area contributed by atoms with Crippen molar-refractivity contribution < 1.29 is 13.2 Å². The maximum absolute atomic E-state index is 12.2. The zero-order valence-electron chi connectivity index (χ0n) is 13.3. The van der Waals surface area contributed by atoms with Crippen molar-refractivity contribution in [1.29, 1.82) is 0 Å². The van der Waals surface area contributed by atoms with E-state index in [2.05, 4.69) is 15.3 Å². The van der Waals surface area contributed by atoms with E-state index in [1.54, 1.807) is 35.6 Å². The summed E-state index contributed by atoms with van der Waals surface area (Å²) in [5.41, 5.74) is 1.03. The smallest absolute Gasteiger partial charge is 0.251 e. The number of pyridine rings is 1. The predicted octanol–water partition coefficient (Wildman–Crippen LogP) is 1.50. The maximum atomic E-state index is 12.2. The third-order valence-corrected chi connectivity index (χ3v) is 4.93. The number of primary sulfonamides is 1. The van der Waals surface area contributed by atoms with Crippen molar-refractivity contribution in [1.82, 2.24) is 19.9 Å². The van der Waals surface area contributed by atoms with Crippen molar-refractivity contribution in [2.24, 2.45) is 5.14 Å². The van der Waals surface area contributed by atoms with E-state index in [0.717, 1.165) is 5.56 Å². The highest BCUT2D eigenvalue weighted by atomic mass is 35.5. The third kappa shape index (κ3) is 4.07. The fourth-order valence-electron chi connectivity index (χ4n) is 2.23. The lowest BCUT2D eigenvalue weighted by atomic mass is 10.2. The fraction of sp³-hybridized carbons (Fsp3) is 0.0625. The summed E-state index contributed by atoms with van der Waals surface area (Å²) in [5, 5.41) is 7.65. The van der Waals surface area contributed by atoms with Crippen LogP contribution in [0.15, 0.2) is 60.1 Å². The molecule has 1 aromatic carbocycles. The zero-order valence-corrected chi connectivity index (χ0v) is 14.9. The number of sulfonamides is 1. The van der Waals surface area contributed by atoms with Crippen LogP contribution in [0.2, 0.25) is 5.02 Å². The lowest BCUT2D eigenvalue weighted by Gasteiger charge is -2.08. The number of hydrogen-bond donors (Lipinski definition) is 2. The van der Waals surface area contributed by atoms with Crippen LogP contribution in [0.4, 0.5) is 0 Å². The van der Waals surface area contributed by atoms with Crippen LogP contribution in [-0.2, 0) is 16.6 Å². The van der Waals surface area contributed by atoms with E-state index in [1.807, 2.05) is 6.07 Å². The molecule has 2 aromatic heterocycles. The largest absolute Gasteiger partial charge is 0.348 e. The van der Waals surface area contributed by atoms with Crippen LogP contribution in [0.3, 0.4) is 0 Å². The number of imidazole rings is 1. The molecule has 2 heterocycles. The summed E-state index contributed by atoms with van der Waals surface area (Å²) in [6.45, 7) is 0.255. The third-order valence-electron chi connectivity index (χ3n) is 3.53. The van der Waals surface area contributed by atoms with Crippen molar-refractivity contribution in [3.05, 3.63) is 71.4 Å². The van der Waals surface area contributed by atoms with E-state index in [-0.39, 0.29) is 22.0 Å². The van der Waals surface area contributed by atoms with Crippen LogP contribution in [0.5, 0.6) is 0 Å². The van der Waals surface area contributed by atoms with Gasteiger partial charge in [-0.2, -0.15) is 0 Å². The molecule has 26 heavy (non-hydrogen) atoms. The number of rotatable bonds is 5. The van der Waals surface area contributed by atoms with Gasteiger partial charge in [-0.1, -0.05) is 17.7 Å². The number of nitrogens with zero attached hydrogens (tertiary/aromatic N) is 3. The predicted molar refractivity (Wildman–Crippen MR) is 95.4 cm³/mol. The first-order valence-corrected chi connectivity index (χ1v) is 9.31. The SMILES string of the molecule is NS(=O)(=O)c1ccc(C(=O)NCc2ccc(-n3ccnc3)nc2)cc1Cl. The Bertz CT molecular complexity index is 1030. The lowest BCUT2D eigenvalue weighted by Crippen LogP contribution is -2.23. The Balaban J connectivity index is 1.66. The van der Waals surface area contributed by atoms with Crippen LogP contribution in [0.25, 0.3) is 5.82 Å². The number of benzene rings is 1. The minimum atomic E-state index is -3.93. The normalized spacial score (nSPS) is 11.3. The van der Waals surface area contributed by atoms with Gasteiger partial charge >= 0.3 is 0 Å². The Morgan fingerprint density at radius 3 is 2.65 bits per heavy atom. The molecule has 0 radical (unpaired) electrons. The monoisotopic (exact) mass is 391 g/mol. The number of hydrogen-bond acceptors (Lipinski definition) is 5. The van der Waals surface area contributed by atoms with E-state index < -0.39 is 15.9 Å². The quantitative estimate of drug-likeness (QED) is 0.682. The summed E-state index contributed by atoms with van der Waals surface area (Å²) >= 11 is 5.88. The van der Waals surface area contributed by atoms with Crippen LogP contribution in [0, 0.1) is 0 Å². The van der Waals surface area contributed by atoms with Gasteiger partial charge in [0.2, 0.25) is 10.0 Å². The summed E-state index contributed by atoms with van der Waals surface area (Å²) in [7, 11) is -3.93. The van der Waals surface area contributed by atoms with Gasteiger partial charge in [0.25, 0.3) is 5.91 Å². The molecule has 0 aliphatic carbocycles. The highest BCUT2D eigenvalue weighted by molar-refractivity contribution is 7.89. The number of nitrogens with two attached hydrogens (primary N) is 1. The van der Waals surface area contributed by atoms with Gasteiger partial charge in [-0.05, 0) is 29.8 Å². The molecule has 0 unspecified atom stereocenters. The van der Waals surface area contributed by atoms with Gasteiger partial charge in [-0.3, -0.25) is 9.36 Å². The standard InChI is InChI=1S/C16H14ClN5O3S/c17-13-7-12(2-3-14(13)26(18,24)25)16(23)21-9-11-1-4-15(20-8-11)22-6-5-19-10-22/h1-8,10H,9H2,(H,21,23)(H2,18,24,25). The lowest BCUT2D eigenvalue weighted by molar-refractivity contribution is 0.0951. The van der Waals surface area contributed by atoms with Gasteiger partial charge in [0.05, 0.1) is 5.02 Å². The highest BCUT2D eigenvalue weighted by Crippen LogP contribution is 2.21. The van der Waals surface area contributed by atoms with Crippen molar-refractivity contribution in [2.45, 2.75) is 11.4 Å². The van der Waals surface area contributed by atoms with Crippen LogP contribution in [-0.4, -0.2) is 28.9 Å². The van der Waals surface area contributed by atoms with Crippen LogP contribution in [0.1, 0.15) is 15.9 Å². The van der Waals surface area contributed by atoms with Crippen LogP contribution >= 0.6 is 11.6 Å². The Labute approximate surface area is 154 Å². The molecule has 0 aliphatic heterocycles. The molecule has 1 amide bonds. The van der Waals surface area contributed by atoms with Gasteiger partial charge in [-0.25, -0.2) is 23.5 Å². The second-order valence-corrected chi connectivity index (χ2v) is 7.30. The molecule has 8 nitrogen and oxygen atoms in total. The van der Waals surface area contributed by atoms with Crippen molar-refractivity contribution >= 4 is 27.5 Å². The Morgan fingerprint density at radius 1 is 1.27 bits per heavy atom. The molecule has 0 fully saturated rings. The second-order valence-electron chi connectivity index (χ2n) is 5.37. The maximum Gasteiger partial charge on any atom is 0.251 e. The molecular formula is C16H14ClN5O3S. The topological polar surface area (TPSA) is 120 Å². The van der Waals surface area contributed by atoms with Crippen molar-refractivity contribution in [3.63, 3.8) is 0 Å². The van der Waals surface area contributed by atoms with E-state index in [0.29, 0.717) is 5.82 Å². The molecule has 3 N–H and O–H groups in total. The minimum Gasteiger partial charge on any atom is -0.348 e. The van der Waals surface area contributed by atoms with Gasteiger partial charge in [-0.15, -0.1) is 0 Å². The molecule has 3 aromatic rings. The van der Waals surface area contributed by atoms with E-state index in [4.69, 9.17) is 16.7 Å². The summed E-state index contributed by atoms with van der Waals surface area (Å²) in [5.74, 6) is 0.314. The summed E-state index contributed by atoms with van der Waals surface area (Å²) < 4.78 is 24.4. The number of carbonyl (C=O) groups excluding carboxylic acids is 1. The molecule has 3 rings (SSSR count). The molecule has 0 atom stereocenters. The summed E-state index contributed by atoms with van der Waals surface area (Å²) in [4.78, 5) is 20.2. The first kappa shape index (κ1) is 18.1. The van der Waals surface area contributed by atoms with Crippen LogP contribution < -0.4 is 10.5 Å². The number of halogens is 1. The first-order valence-electron chi connectivity index (χ1n) is 7.38. The van der Waals surface area contributed by atoms with Crippen molar-refractivity contribution in [2.75, 3.05) is 0 Å². The average molecular weight is 392 g/mol.